The molecule has 0 fully saturated rings. The van der Waals surface area contributed by atoms with Crippen LogP contribution < -0.4 is 16.4 Å². The molecule has 3 aromatic carbocycles. The fraction of sp³-hybridized carbons (Fsp3) is 0.160. The van der Waals surface area contributed by atoms with Crippen molar-refractivity contribution in [3.8, 4) is 0 Å². The minimum Gasteiger partial charge on any atom is -0.321 e. The van der Waals surface area contributed by atoms with Crippen LogP contribution in [0.25, 0.3) is 11.0 Å². The molecule has 1 heterocycles. The number of sulfone groups is 1. The normalized spacial score (nSPS) is 11.5. The molecule has 0 saturated carbocycles. The average Bonchev–Trinajstić information content (AvgIpc) is 2.85. The van der Waals surface area contributed by atoms with Gasteiger partial charge in [-0.15, -0.1) is 0 Å². The molecular weight excluding hydrogens is 473 g/mol. The van der Waals surface area contributed by atoms with Gasteiger partial charge in [-0.2, -0.15) is 0 Å². The molecule has 4 rings (SSSR count). The lowest BCUT2D eigenvalue weighted by atomic mass is 10.2. The number of benzene rings is 3. The maximum Gasteiger partial charge on any atom is 0.316 e. The van der Waals surface area contributed by atoms with Crippen molar-refractivity contribution in [3.05, 3.63) is 98.8 Å². The summed E-state index contributed by atoms with van der Waals surface area (Å²) in [5.74, 6) is -1.36. The molecule has 1 amide bonds. The molecule has 0 unspecified atom stereocenters. The van der Waals surface area contributed by atoms with E-state index in [1.54, 1.807) is 32.0 Å². The highest BCUT2D eigenvalue weighted by Crippen LogP contribution is 2.32. The van der Waals surface area contributed by atoms with Crippen LogP contribution in [0.2, 0.25) is 0 Å². The van der Waals surface area contributed by atoms with Crippen LogP contribution in [0, 0.1) is 5.82 Å². The Bertz CT molecular complexity index is 1680. The number of nitrogens with one attached hydrogen (secondary N) is 1. The van der Waals surface area contributed by atoms with Gasteiger partial charge in [0.25, 0.3) is 5.91 Å². The number of amides is 1. The van der Waals surface area contributed by atoms with Gasteiger partial charge in [0, 0.05) is 18.7 Å². The van der Waals surface area contributed by atoms with E-state index in [0.29, 0.717) is 0 Å². The monoisotopic (exact) mass is 495 g/mol. The van der Waals surface area contributed by atoms with E-state index in [-0.39, 0.29) is 45.2 Å². The molecule has 0 aliphatic rings. The Balaban J connectivity index is 2.05. The van der Waals surface area contributed by atoms with Gasteiger partial charge in [-0.25, -0.2) is 12.8 Å². The van der Waals surface area contributed by atoms with Gasteiger partial charge in [-0.05, 0) is 56.3 Å². The number of halogens is 1. The van der Waals surface area contributed by atoms with Crippen LogP contribution in [0.1, 0.15) is 24.2 Å². The van der Waals surface area contributed by atoms with E-state index in [0.717, 1.165) is 6.07 Å². The third-order valence-electron chi connectivity index (χ3n) is 5.64. The molecule has 1 N–H and O–H groups in total. The minimum absolute atomic E-state index is 0.0143. The third kappa shape index (κ3) is 4.28. The number of aromatic nitrogens is 2. The number of aryl methyl sites for hydroxylation is 2. The highest BCUT2D eigenvalue weighted by atomic mass is 32.2. The maximum atomic E-state index is 13.7. The zero-order chi connectivity index (χ0) is 25.3. The summed E-state index contributed by atoms with van der Waals surface area (Å²) >= 11 is 0. The Labute approximate surface area is 200 Å². The van der Waals surface area contributed by atoms with Gasteiger partial charge in [0.1, 0.15) is 5.82 Å². The van der Waals surface area contributed by atoms with E-state index in [2.05, 4.69) is 5.32 Å². The first-order chi connectivity index (χ1) is 16.7. The molecule has 0 saturated heterocycles. The molecule has 0 aliphatic heterocycles. The second kappa shape index (κ2) is 9.30. The molecule has 35 heavy (non-hydrogen) atoms. The quantitative estimate of drug-likeness (QED) is 0.413. The van der Waals surface area contributed by atoms with Gasteiger partial charge >= 0.3 is 11.1 Å². The summed E-state index contributed by atoms with van der Waals surface area (Å²) in [6.07, 6.45) is 0. The van der Waals surface area contributed by atoms with Gasteiger partial charge in [-0.1, -0.05) is 24.3 Å². The van der Waals surface area contributed by atoms with Crippen LogP contribution in [-0.4, -0.2) is 23.5 Å². The zero-order valence-electron chi connectivity index (χ0n) is 19.0. The lowest BCUT2D eigenvalue weighted by Gasteiger charge is -2.18. The number of rotatable bonds is 6. The summed E-state index contributed by atoms with van der Waals surface area (Å²) in [7, 11) is -4.16. The van der Waals surface area contributed by atoms with Gasteiger partial charge in [0.15, 0.2) is 0 Å². The van der Waals surface area contributed by atoms with E-state index in [1.165, 1.54) is 51.6 Å². The summed E-state index contributed by atoms with van der Waals surface area (Å²) in [6, 6.07) is 15.2. The van der Waals surface area contributed by atoms with Crippen molar-refractivity contribution in [3.63, 3.8) is 0 Å². The lowest BCUT2D eigenvalue weighted by molar-refractivity contribution is 0.102. The van der Waals surface area contributed by atoms with E-state index in [1.807, 2.05) is 0 Å². The summed E-state index contributed by atoms with van der Waals surface area (Å²) < 4.78 is 43.3. The molecule has 1 aromatic heterocycles. The predicted molar refractivity (Wildman–Crippen MR) is 130 cm³/mol. The first kappa shape index (κ1) is 24.1. The maximum absolute atomic E-state index is 13.7. The lowest BCUT2D eigenvalue weighted by Crippen LogP contribution is -2.41. The standard InChI is InChI=1S/C25H22FN3O5S/c1-3-28-20-14-19(27-23(30)16-9-8-10-17(26)13-16)22(35(33,34)18-11-6-5-7-12-18)15-21(20)29(4-2)25(32)24(28)31/h5-15H,3-4H2,1-2H3,(H,27,30). The second-order valence-corrected chi connectivity index (χ2v) is 9.63. The molecule has 0 atom stereocenters. The number of carbonyl (C=O) groups excluding carboxylic acids is 1. The Morgan fingerprint density at radius 1 is 0.857 bits per heavy atom. The molecule has 4 aromatic rings. The molecular formula is C25H22FN3O5S. The first-order valence-corrected chi connectivity index (χ1v) is 12.4. The SMILES string of the molecule is CCn1c(=O)c(=O)n(CC)c2cc(S(=O)(=O)c3ccccc3)c(NC(=O)c3cccc(F)c3)cc21. The fourth-order valence-electron chi connectivity index (χ4n) is 3.94. The van der Waals surface area contributed by atoms with Crippen molar-refractivity contribution < 1.29 is 17.6 Å². The number of hydrogen-bond donors (Lipinski definition) is 1. The zero-order valence-corrected chi connectivity index (χ0v) is 19.8. The van der Waals surface area contributed by atoms with E-state index < -0.39 is 32.7 Å². The number of anilines is 1. The number of carbonyl (C=O) groups is 1. The fourth-order valence-corrected chi connectivity index (χ4v) is 5.37. The third-order valence-corrected chi connectivity index (χ3v) is 7.45. The Morgan fingerprint density at radius 3 is 2.03 bits per heavy atom. The Morgan fingerprint density at radius 2 is 1.46 bits per heavy atom. The minimum atomic E-state index is -4.16. The molecule has 0 bridgehead atoms. The Hall–Kier alpha value is -4.05. The van der Waals surface area contributed by atoms with Crippen molar-refractivity contribution in [2.45, 2.75) is 36.7 Å². The summed E-state index contributed by atoms with van der Waals surface area (Å²) in [5, 5.41) is 2.56. The highest BCUT2D eigenvalue weighted by Gasteiger charge is 2.25. The van der Waals surface area contributed by atoms with Crippen LogP contribution in [-0.2, 0) is 22.9 Å². The number of nitrogens with zero attached hydrogens (tertiary/aromatic N) is 2. The van der Waals surface area contributed by atoms with Crippen molar-refractivity contribution in [1.29, 1.82) is 0 Å². The molecule has 0 radical (unpaired) electrons. The summed E-state index contributed by atoms with van der Waals surface area (Å²) in [6.45, 7) is 3.63. The van der Waals surface area contributed by atoms with Crippen molar-refractivity contribution >= 4 is 32.5 Å². The first-order valence-electron chi connectivity index (χ1n) is 10.9. The topological polar surface area (TPSA) is 107 Å². The summed E-state index contributed by atoms with van der Waals surface area (Å²) in [4.78, 5) is 38.0. The van der Waals surface area contributed by atoms with Gasteiger partial charge < -0.3 is 14.5 Å². The van der Waals surface area contributed by atoms with E-state index in [9.17, 15) is 27.2 Å². The summed E-state index contributed by atoms with van der Waals surface area (Å²) in [5.41, 5.74) is -1.14. The van der Waals surface area contributed by atoms with Crippen molar-refractivity contribution in [2.75, 3.05) is 5.32 Å². The molecule has 0 aliphatic carbocycles. The van der Waals surface area contributed by atoms with Gasteiger partial charge in [-0.3, -0.25) is 14.4 Å². The van der Waals surface area contributed by atoms with Crippen LogP contribution in [0.3, 0.4) is 0 Å². The average molecular weight is 496 g/mol. The Kier molecular flexibility index (Phi) is 6.40. The molecule has 10 heteroatoms. The second-order valence-electron chi connectivity index (χ2n) is 7.72. The largest absolute Gasteiger partial charge is 0.321 e. The highest BCUT2D eigenvalue weighted by molar-refractivity contribution is 7.91. The van der Waals surface area contributed by atoms with Crippen LogP contribution >= 0.6 is 0 Å². The van der Waals surface area contributed by atoms with Crippen LogP contribution in [0.5, 0.6) is 0 Å². The van der Waals surface area contributed by atoms with Crippen LogP contribution in [0.4, 0.5) is 10.1 Å². The van der Waals surface area contributed by atoms with Gasteiger partial charge in [0.05, 0.1) is 26.5 Å². The van der Waals surface area contributed by atoms with Crippen molar-refractivity contribution in [1.82, 2.24) is 9.13 Å². The van der Waals surface area contributed by atoms with Crippen molar-refractivity contribution in [2.24, 2.45) is 0 Å². The van der Waals surface area contributed by atoms with E-state index in [4.69, 9.17) is 0 Å². The molecule has 180 valence electrons. The van der Waals surface area contributed by atoms with E-state index >= 15 is 0 Å². The smallest absolute Gasteiger partial charge is 0.316 e. The number of hydrogen-bond acceptors (Lipinski definition) is 5. The number of fused-ring (bicyclic) bond motifs is 1. The molecule has 8 nitrogen and oxygen atoms in total. The van der Waals surface area contributed by atoms with Crippen LogP contribution in [0.15, 0.2) is 86.1 Å². The van der Waals surface area contributed by atoms with Gasteiger partial charge in [0.2, 0.25) is 9.84 Å². The molecule has 0 spiro atoms. The predicted octanol–water partition coefficient (Wildman–Crippen LogP) is 3.43.